The van der Waals surface area contributed by atoms with Gasteiger partial charge in [-0.3, -0.25) is 4.90 Å². The quantitative estimate of drug-likeness (QED) is 0.194. The van der Waals surface area contributed by atoms with Crippen molar-refractivity contribution in [2.75, 3.05) is 49.2 Å². The maximum absolute atomic E-state index is 17.2. The summed E-state index contributed by atoms with van der Waals surface area (Å²) >= 11 is 7.93. The van der Waals surface area contributed by atoms with Crippen molar-refractivity contribution >= 4 is 60.6 Å². The number of nitrogens with zero attached hydrogens (tertiary/aromatic N) is 6. The maximum Gasteiger partial charge on any atom is 0.319 e. The van der Waals surface area contributed by atoms with E-state index in [0.29, 0.717) is 31.1 Å². The highest BCUT2D eigenvalue weighted by Gasteiger charge is 2.49. The molecule has 15 heteroatoms. The van der Waals surface area contributed by atoms with Crippen LogP contribution in [0.15, 0.2) is 30.5 Å². The van der Waals surface area contributed by atoms with Gasteiger partial charge in [0, 0.05) is 35.7 Å². The lowest BCUT2D eigenvalue weighted by atomic mass is 9.95. The summed E-state index contributed by atoms with van der Waals surface area (Å²) in [4.78, 5) is 17.7. The van der Waals surface area contributed by atoms with Gasteiger partial charge in [0.1, 0.15) is 53.4 Å². The van der Waals surface area contributed by atoms with Crippen LogP contribution in [0.2, 0.25) is 5.02 Å². The van der Waals surface area contributed by atoms with Gasteiger partial charge in [0.25, 0.3) is 0 Å². The minimum absolute atomic E-state index is 0.0152. The number of thiophene rings is 1. The Balaban J connectivity index is 1.36. The van der Waals surface area contributed by atoms with Crippen LogP contribution in [-0.4, -0.2) is 64.4 Å². The van der Waals surface area contributed by atoms with Crippen LogP contribution in [0, 0.1) is 23.0 Å². The molecule has 10 nitrogen and oxygen atoms in total. The number of aromatic nitrogens is 3. The molecular formula is C34H30ClF3N8O2S. The normalized spacial score (nSPS) is 21.1. The van der Waals surface area contributed by atoms with Gasteiger partial charge in [-0.2, -0.15) is 15.2 Å². The number of ether oxygens (including phenoxy) is 2. The van der Waals surface area contributed by atoms with E-state index in [1.165, 1.54) is 12.1 Å². The minimum Gasteiger partial charge on any atom is -0.489 e. The topological polar surface area (TPSA) is 139 Å². The summed E-state index contributed by atoms with van der Waals surface area (Å²) in [5.74, 6) is -0.700. The van der Waals surface area contributed by atoms with E-state index in [9.17, 15) is 9.65 Å². The summed E-state index contributed by atoms with van der Waals surface area (Å²) in [6.07, 6.45) is 2.63. The van der Waals surface area contributed by atoms with Crippen molar-refractivity contribution in [1.82, 2.24) is 19.9 Å². The number of alkyl halides is 1. The first kappa shape index (κ1) is 31.7. The lowest BCUT2D eigenvalue weighted by Crippen LogP contribution is -2.43. The molecule has 252 valence electrons. The van der Waals surface area contributed by atoms with E-state index < -0.39 is 29.4 Å². The lowest BCUT2D eigenvalue weighted by Gasteiger charge is -2.32. The number of pyridine rings is 1. The molecule has 0 spiro atoms. The highest BCUT2D eigenvalue weighted by Crippen LogP contribution is 2.51. The predicted molar refractivity (Wildman–Crippen MR) is 183 cm³/mol. The van der Waals surface area contributed by atoms with Crippen LogP contribution < -0.4 is 25.8 Å². The number of halogens is 4. The van der Waals surface area contributed by atoms with Gasteiger partial charge in [-0.05, 0) is 44.0 Å². The molecule has 0 aliphatic carbocycles. The molecule has 6 heterocycles. The molecule has 3 aromatic heterocycles. The second kappa shape index (κ2) is 11.8. The van der Waals surface area contributed by atoms with E-state index in [2.05, 4.69) is 14.9 Å². The molecule has 0 bridgehead atoms. The van der Waals surface area contributed by atoms with Crippen molar-refractivity contribution in [3.8, 4) is 29.0 Å². The molecule has 49 heavy (non-hydrogen) atoms. The average molecular weight is 707 g/mol. The molecule has 3 aliphatic rings. The summed E-state index contributed by atoms with van der Waals surface area (Å²) in [6.45, 7) is 3.57. The van der Waals surface area contributed by atoms with Gasteiger partial charge < -0.3 is 25.8 Å². The fourth-order valence-electron chi connectivity index (χ4n) is 7.72. The van der Waals surface area contributed by atoms with Gasteiger partial charge in [0.2, 0.25) is 0 Å². The zero-order valence-electron chi connectivity index (χ0n) is 26.3. The number of fused-ring (bicyclic) bond motifs is 2. The molecule has 3 aliphatic heterocycles. The van der Waals surface area contributed by atoms with Gasteiger partial charge in [0.05, 0.1) is 38.8 Å². The molecular weight excluding hydrogens is 677 g/mol. The number of nitrogen functional groups attached to an aromatic ring is 2. The molecule has 2 aromatic carbocycles. The van der Waals surface area contributed by atoms with E-state index in [0.717, 1.165) is 36.3 Å². The number of nitrogens with two attached hydrogens (primary N) is 2. The summed E-state index contributed by atoms with van der Waals surface area (Å²) in [7, 11) is 0. The average Bonchev–Trinajstić information content (AvgIpc) is 3.68. The third-order valence-corrected chi connectivity index (χ3v) is 11.4. The first-order valence-electron chi connectivity index (χ1n) is 15.9. The van der Waals surface area contributed by atoms with Gasteiger partial charge in [-0.25, -0.2) is 18.2 Å². The van der Waals surface area contributed by atoms with Crippen LogP contribution in [0.3, 0.4) is 0 Å². The highest BCUT2D eigenvalue weighted by molar-refractivity contribution is 7.23. The van der Waals surface area contributed by atoms with E-state index in [4.69, 9.17) is 37.5 Å². The van der Waals surface area contributed by atoms with Gasteiger partial charge in [-0.1, -0.05) is 23.7 Å². The first-order valence-corrected chi connectivity index (χ1v) is 17.1. The molecule has 4 N–H and O–H groups in total. The van der Waals surface area contributed by atoms with Gasteiger partial charge >= 0.3 is 6.01 Å². The standard InChI is InChI=1S/C34H30ClF3N8O2S/c1-16(18-4-2-8-42-30(18)40)46-10-11-47-28-24-27(43-33(44-32(24)46)48-15-34-7-3-9-45(34)14-17(36)12-34)26(38)23(25(28)35)19-5-6-21(37)29-22(19)20(13-39)31(41)49-29/h2,4-6,8,16-17H,3,7,9-12,14-15,41H2,1H3,(H2,40,42)/t16-,17?,34+/m1/s1. The third kappa shape index (κ3) is 4.89. The highest BCUT2D eigenvalue weighted by atomic mass is 35.5. The largest absolute Gasteiger partial charge is 0.489 e. The number of anilines is 3. The van der Waals surface area contributed by atoms with Crippen LogP contribution in [-0.2, 0) is 0 Å². The van der Waals surface area contributed by atoms with E-state index >= 15 is 8.78 Å². The Morgan fingerprint density at radius 3 is 2.86 bits per heavy atom. The SMILES string of the molecule is C[C@H](c1cccnc1N)N1CCOc2c(Cl)c(-c3ccc(F)c4sc(N)c(C#N)c34)c(F)c3nc(OC[C@@]45CCCN4CC(F)C5)nc1c23. The Labute approximate surface area is 288 Å². The molecule has 5 aromatic rings. The molecule has 8 rings (SSSR count). The van der Waals surface area contributed by atoms with Crippen LogP contribution in [0.25, 0.3) is 32.1 Å². The number of hydrogen-bond acceptors (Lipinski definition) is 11. The Hall–Kier alpha value is -4.58. The lowest BCUT2D eigenvalue weighted by molar-refractivity contribution is 0.107. The summed E-state index contributed by atoms with van der Waals surface area (Å²) in [5, 5.41) is 10.3. The molecule has 0 radical (unpaired) electrons. The fourth-order valence-corrected chi connectivity index (χ4v) is 9.00. The Morgan fingerprint density at radius 2 is 2.06 bits per heavy atom. The van der Waals surface area contributed by atoms with Crippen molar-refractivity contribution < 1.29 is 22.6 Å². The number of hydrogen-bond donors (Lipinski definition) is 2. The van der Waals surface area contributed by atoms with E-state index in [-0.39, 0.29) is 72.7 Å². The summed E-state index contributed by atoms with van der Waals surface area (Å²) < 4.78 is 59.4. The number of rotatable bonds is 6. The molecule has 1 unspecified atom stereocenters. The van der Waals surface area contributed by atoms with Crippen molar-refractivity contribution in [2.45, 2.75) is 43.9 Å². The molecule has 2 saturated heterocycles. The second-order valence-electron chi connectivity index (χ2n) is 12.7. The predicted octanol–water partition coefficient (Wildman–Crippen LogP) is 6.79. The first-order chi connectivity index (χ1) is 23.6. The molecule has 0 amide bonds. The van der Waals surface area contributed by atoms with Crippen LogP contribution in [0.5, 0.6) is 11.8 Å². The monoisotopic (exact) mass is 706 g/mol. The van der Waals surface area contributed by atoms with Crippen molar-refractivity contribution in [2.24, 2.45) is 0 Å². The zero-order valence-corrected chi connectivity index (χ0v) is 27.8. The zero-order chi connectivity index (χ0) is 34.2. The van der Waals surface area contributed by atoms with Crippen LogP contribution in [0.4, 0.5) is 29.8 Å². The minimum atomic E-state index is -0.966. The number of nitriles is 1. The van der Waals surface area contributed by atoms with E-state index in [1.54, 1.807) is 12.3 Å². The smallest absolute Gasteiger partial charge is 0.319 e. The van der Waals surface area contributed by atoms with E-state index in [1.807, 2.05) is 24.0 Å². The second-order valence-corrected chi connectivity index (χ2v) is 14.1. The van der Waals surface area contributed by atoms with Crippen LogP contribution >= 0.6 is 22.9 Å². The maximum atomic E-state index is 17.2. The fraction of sp³-hybridized carbons (Fsp3) is 0.353. The van der Waals surface area contributed by atoms with Gasteiger partial charge in [-0.15, -0.1) is 11.3 Å². The van der Waals surface area contributed by atoms with Crippen molar-refractivity contribution in [3.05, 3.63) is 58.2 Å². The van der Waals surface area contributed by atoms with Crippen LogP contribution in [0.1, 0.15) is 43.4 Å². The third-order valence-electron chi connectivity index (χ3n) is 10.0. The number of benzene rings is 2. The molecule has 3 atom stereocenters. The summed E-state index contributed by atoms with van der Waals surface area (Å²) in [6, 6.07) is 7.70. The Kier molecular flexibility index (Phi) is 7.62. The van der Waals surface area contributed by atoms with Gasteiger partial charge in [0.15, 0.2) is 11.6 Å². The summed E-state index contributed by atoms with van der Waals surface area (Å²) in [5.41, 5.74) is 12.5. The van der Waals surface area contributed by atoms with Crippen molar-refractivity contribution in [3.63, 3.8) is 0 Å². The molecule has 0 saturated carbocycles. The molecule has 2 fully saturated rings. The van der Waals surface area contributed by atoms with Crippen molar-refractivity contribution in [1.29, 1.82) is 5.26 Å². The Bertz CT molecular complexity index is 2210. The Morgan fingerprint density at radius 1 is 1.22 bits per heavy atom.